The molecule has 0 unspecified atom stereocenters. The summed E-state index contributed by atoms with van der Waals surface area (Å²) in [7, 11) is 1.71. The summed E-state index contributed by atoms with van der Waals surface area (Å²) in [6, 6.07) is 0. The van der Waals surface area contributed by atoms with Gasteiger partial charge in [0.1, 0.15) is 6.33 Å². The highest BCUT2D eigenvalue weighted by Gasteiger charge is 1.98. The van der Waals surface area contributed by atoms with Crippen molar-refractivity contribution in [3.63, 3.8) is 0 Å². The van der Waals surface area contributed by atoms with Gasteiger partial charge in [0.2, 0.25) is 0 Å². The highest BCUT2D eigenvalue weighted by atomic mass is 16.5. The third kappa shape index (κ3) is 3.85. The van der Waals surface area contributed by atoms with Crippen molar-refractivity contribution in [2.45, 2.75) is 26.4 Å². The molecule has 0 radical (unpaired) electrons. The molecule has 1 heterocycles. The smallest absolute Gasteiger partial charge is 0.164 e. The van der Waals surface area contributed by atoms with Gasteiger partial charge in [-0.15, -0.1) is 0 Å². The Kier molecular flexibility index (Phi) is 5.17. The fourth-order valence-corrected chi connectivity index (χ4v) is 1.13. The van der Waals surface area contributed by atoms with Gasteiger partial charge in [-0.2, -0.15) is 5.10 Å². The molecule has 0 saturated carbocycles. The lowest BCUT2D eigenvalue weighted by Crippen LogP contribution is -2.13. The van der Waals surface area contributed by atoms with Crippen molar-refractivity contribution in [3.8, 4) is 0 Å². The molecular weight excluding hydrogens is 180 g/mol. The number of rotatable bonds is 7. The number of hydrogen-bond acceptors (Lipinski definition) is 4. The molecule has 0 saturated heterocycles. The van der Waals surface area contributed by atoms with Crippen LogP contribution in [-0.4, -0.2) is 35.0 Å². The molecule has 0 bridgehead atoms. The zero-order valence-corrected chi connectivity index (χ0v) is 8.86. The van der Waals surface area contributed by atoms with E-state index in [1.165, 1.54) is 0 Å². The van der Waals surface area contributed by atoms with Crippen LogP contribution >= 0.6 is 0 Å². The van der Waals surface area contributed by atoms with E-state index in [1.54, 1.807) is 13.4 Å². The Bertz CT molecular complexity index is 249. The SMILES string of the molecule is CCNCc1ncn(CCCOC)n1. The standard InChI is InChI=1S/C9H18N4O/c1-3-10-7-9-11-8-13(12-9)5-4-6-14-2/h8,10H,3-7H2,1-2H3. The van der Waals surface area contributed by atoms with Crippen LogP contribution in [0.1, 0.15) is 19.2 Å². The third-order valence-corrected chi connectivity index (χ3v) is 1.85. The summed E-state index contributed by atoms with van der Waals surface area (Å²) in [5, 5.41) is 7.49. The fraction of sp³-hybridized carbons (Fsp3) is 0.778. The van der Waals surface area contributed by atoms with Crippen LogP contribution in [0.3, 0.4) is 0 Å². The highest BCUT2D eigenvalue weighted by molar-refractivity contribution is 4.80. The number of aromatic nitrogens is 3. The minimum absolute atomic E-state index is 0.744. The topological polar surface area (TPSA) is 52.0 Å². The van der Waals surface area contributed by atoms with Gasteiger partial charge in [-0.05, 0) is 13.0 Å². The number of hydrogen-bond donors (Lipinski definition) is 1. The molecule has 0 aromatic carbocycles. The number of methoxy groups -OCH3 is 1. The van der Waals surface area contributed by atoms with E-state index >= 15 is 0 Å². The van der Waals surface area contributed by atoms with Crippen molar-refractivity contribution >= 4 is 0 Å². The van der Waals surface area contributed by atoms with E-state index in [2.05, 4.69) is 22.3 Å². The fourth-order valence-electron chi connectivity index (χ4n) is 1.13. The van der Waals surface area contributed by atoms with Crippen LogP contribution < -0.4 is 5.32 Å². The van der Waals surface area contributed by atoms with E-state index < -0.39 is 0 Å². The Morgan fingerprint density at radius 1 is 1.57 bits per heavy atom. The highest BCUT2D eigenvalue weighted by Crippen LogP contribution is 1.92. The molecule has 0 spiro atoms. The zero-order valence-electron chi connectivity index (χ0n) is 8.86. The van der Waals surface area contributed by atoms with Crippen LogP contribution in [0.2, 0.25) is 0 Å². The summed E-state index contributed by atoms with van der Waals surface area (Å²) in [4.78, 5) is 4.18. The maximum Gasteiger partial charge on any atom is 0.164 e. The largest absolute Gasteiger partial charge is 0.385 e. The minimum atomic E-state index is 0.744. The first-order chi connectivity index (χ1) is 6.86. The van der Waals surface area contributed by atoms with Crippen molar-refractivity contribution < 1.29 is 4.74 Å². The Hall–Kier alpha value is -0.940. The van der Waals surface area contributed by atoms with Gasteiger partial charge in [-0.3, -0.25) is 4.68 Å². The minimum Gasteiger partial charge on any atom is -0.385 e. The molecule has 0 fully saturated rings. The van der Waals surface area contributed by atoms with Gasteiger partial charge >= 0.3 is 0 Å². The van der Waals surface area contributed by atoms with Crippen LogP contribution in [0.4, 0.5) is 0 Å². The molecule has 1 N–H and O–H groups in total. The molecular formula is C9H18N4O. The summed E-state index contributed by atoms with van der Waals surface area (Å²) in [6.07, 6.45) is 2.74. The lowest BCUT2D eigenvalue weighted by Gasteiger charge is -1.99. The van der Waals surface area contributed by atoms with Crippen LogP contribution in [0.25, 0.3) is 0 Å². The van der Waals surface area contributed by atoms with Crippen LogP contribution in [0, 0.1) is 0 Å². The van der Waals surface area contributed by atoms with Crippen molar-refractivity contribution in [1.29, 1.82) is 0 Å². The maximum absolute atomic E-state index is 4.96. The van der Waals surface area contributed by atoms with Gasteiger partial charge in [0.05, 0.1) is 6.54 Å². The average Bonchev–Trinajstić information content (AvgIpc) is 2.63. The number of nitrogens with one attached hydrogen (secondary N) is 1. The molecule has 80 valence electrons. The van der Waals surface area contributed by atoms with Gasteiger partial charge in [0.25, 0.3) is 0 Å². The summed E-state index contributed by atoms with van der Waals surface area (Å²) >= 11 is 0. The molecule has 5 heteroatoms. The first kappa shape index (κ1) is 11.1. The molecule has 5 nitrogen and oxygen atoms in total. The van der Waals surface area contributed by atoms with Crippen molar-refractivity contribution in [2.24, 2.45) is 0 Å². The van der Waals surface area contributed by atoms with E-state index in [9.17, 15) is 0 Å². The zero-order chi connectivity index (χ0) is 10.2. The van der Waals surface area contributed by atoms with Crippen LogP contribution in [0.15, 0.2) is 6.33 Å². The average molecular weight is 198 g/mol. The first-order valence-corrected chi connectivity index (χ1v) is 4.94. The lowest BCUT2D eigenvalue weighted by molar-refractivity contribution is 0.189. The van der Waals surface area contributed by atoms with Crippen molar-refractivity contribution in [1.82, 2.24) is 20.1 Å². The summed E-state index contributed by atoms with van der Waals surface area (Å²) in [6.45, 7) is 5.39. The first-order valence-electron chi connectivity index (χ1n) is 4.94. The Morgan fingerprint density at radius 3 is 3.14 bits per heavy atom. The molecule has 0 atom stereocenters. The maximum atomic E-state index is 4.96. The molecule has 14 heavy (non-hydrogen) atoms. The summed E-state index contributed by atoms with van der Waals surface area (Å²) in [5.74, 6) is 0.851. The number of aryl methyl sites for hydroxylation is 1. The molecule has 1 aromatic rings. The van der Waals surface area contributed by atoms with Crippen molar-refractivity contribution in [3.05, 3.63) is 12.2 Å². The molecule has 0 aliphatic rings. The van der Waals surface area contributed by atoms with Gasteiger partial charge in [-0.1, -0.05) is 6.92 Å². The normalized spacial score (nSPS) is 10.7. The van der Waals surface area contributed by atoms with Crippen molar-refractivity contribution in [2.75, 3.05) is 20.3 Å². The quantitative estimate of drug-likeness (QED) is 0.645. The summed E-state index contributed by atoms with van der Waals surface area (Å²) in [5.41, 5.74) is 0. The van der Waals surface area contributed by atoms with Gasteiger partial charge < -0.3 is 10.1 Å². The van der Waals surface area contributed by atoms with E-state index in [1.807, 2.05) is 4.68 Å². The molecule has 1 aromatic heterocycles. The molecule has 1 rings (SSSR count). The Morgan fingerprint density at radius 2 is 2.43 bits per heavy atom. The third-order valence-electron chi connectivity index (χ3n) is 1.85. The van der Waals surface area contributed by atoms with Crippen LogP contribution in [-0.2, 0) is 17.8 Å². The van der Waals surface area contributed by atoms with Gasteiger partial charge in [0, 0.05) is 20.3 Å². The second-order valence-electron chi connectivity index (χ2n) is 3.05. The second kappa shape index (κ2) is 6.50. The predicted molar refractivity (Wildman–Crippen MR) is 53.9 cm³/mol. The summed E-state index contributed by atoms with van der Waals surface area (Å²) < 4.78 is 6.81. The van der Waals surface area contributed by atoms with E-state index in [-0.39, 0.29) is 0 Å². The van der Waals surface area contributed by atoms with Crippen LogP contribution in [0.5, 0.6) is 0 Å². The van der Waals surface area contributed by atoms with E-state index in [0.717, 1.165) is 38.5 Å². The predicted octanol–water partition coefficient (Wildman–Crippen LogP) is 0.424. The van der Waals surface area contributed by atoms with E-state index in [0.29, 0.717) is 0 Å². The number of nitrogens with zero attached hydrogens (tertiary/aromatic N) is 3. The van der Waals surface area contributed by atoms with Gasteiger partial charge in [-0.25, -0.2) is 4.98 Å². The Labute approximate surface area is 84.5 Å². The monoisotopic (exact) mass is 198 g/mol. The second-order valence-corrected chi connectivity index (χ2v) is 3.05. The lowest BCUT2D eigenvalue weighted by atomic mass is 10.5. The van der Waals surface area contributed by atoms with E-state index in [4.69, 9.17) is 4.74 Å². The molecule has 0 aliphatic carbocycles. The molecule has 0 amide bonds. The Balaban J connectivity index is 2.27. The van der Waals surface area contributed by atoms with Gasteiger partial charge in [0.15, 0.2) is 5.82 Å². The number of ether oxygens (including phenoxy) is 1. The molecule has 0 aliphatic heterocycles.